The number of para-hydroxylation sites is 1. The van der Waals surface area contributed by atoms with E-state index in [1.807, 2.05) is 19.1 Å². The molecule has 0 atom stereocenters. The topological polar surface area (TPSA) is 83.1 Å². The molecule has 3 rings (SSSR count). The molecule has 0 aliphatic rings. The zero-order valence-corrected chi connectivity index (χ0v) is 15.1. The van der Waals surface area contributed by atoms with Crippen LogP contribution in [0.2, 0.25) is 0 Å². The highest BCUT2D eigenvalue weighted by molar-refractivity contribution is 5.97. The molecule has 1 heterocycles. The highest BCUT2D eigenvalue weighted by Crippen LogP contribution is 2.10. The van der Waals surface area contributed by atoms with Crippen molar-refractivity contribution in [3.63, 3.8) is 0 Å². The van der Waals surface area contributed by atoms with Crippen LogP contribution in [0.3, 0.4) is 0 Å². The lowest BCUT2D eigenvalue weighted by atomic mass is 10.1. The van der Waals surface area contributed by atoms with E-state index >= 15 is 0 Å². The molecule has 0 aliphatic carbocycles. The third kappa shape index (κ3) is 4.47. The van der Waals surface area contributed by atoms with Gasteiger partial charge in [-0.05, 0) is 19.1 Å². The van der Waals surface area contributed by atoms with Crippen LogP contribution in [0.4, 0.5) is 0 Å². The number of rotatable bonds is 7. The molecule has 0 radical (unpaired) electrons. The van der Waals surface area contributed by atoms with Gasteiger partial charge in [0.15, 0.2) is 5.78 Å². The molecule has 0 fully saturated rings. The fourth-order valence-corrected chi connectivity index (χ4v) is 2.91. The summed E-state index contributed by atoms with van der Waals surface area (Å²) in [4.78, 5) is 45.6. The van der Waals surface area contributed by atoms with E-state index in [1.54, 1.807) is 47.4 Å². The number of carbonyl (C=O) groups is 2. The zero-order chi connectivity index (χ0) is 19.2. The summed E-state index contributed by atoms with van der Waals surface area (Å²) < 4.78 is 0. The van der Waals surface area contributed by atoms with Crippen molar-refractivity contribution >= 4 is 22.6 Å². The summed E-state index contributed by atoms with van der Waals surface area (Å²) in [5.74, 6) is 0.234. The van der Waals surface area contributed by atoms with Crippen LogP contribution in [0.1, 0.15) is 35.9 Å². The largest absolute Gasteiger partial charge is 0.335 e. The third-order valence-electron chi connectivity index (χ3n) is 4.40. The Morgan fingerprint density at radius 3 is 2.44 bits per heavy atom. The van der Waals surface area contributed by atoms with E-state index in [9.17, 15) is 14.4 Å². The summed E-state index contributed by atoms with van der Waals surface area (Å²) in [6.07, 6.45) is 0.278. The molecular formula is C21H21N3O3. The molecule has 0 aliphatic heterocycles. The molecule has 1 amide bonds. The highest BCUT2D eigenvalue weighted by Gasteiger charge is 2.16. The molecule has 0 saturated carbocycles. The van der Waals surface area contributed by atoms with Crippen molar-refractivity contribution in [2.45, 2.75) is 26.3 Å². The normalized spacial score (nSPS) is 10.7. The van der Waals surface area contributed by atoms with Gasteiger partial charge in [0.25, 0.3) is 5.56 Å². The molecule has 27 heavy (non-hydrogen) atoms. The molecule has 6 heteroatoms. The zero-order valence-electron chi connectivity index (χ0n) is 15.1. The van der Waals surface area contributed by atoms with Gasteiger partial charge in [0.1, 0.15) is 5.82 Å². The Bertz CT molecular complexity index is 1010. The van der Waals surface area contributed by atoms with E-state index in [-0.39, 0.29) is 36.6 Å². The Hall–Kier alpha value is -3.28. The van der Waals surface area contributed by atoms with Gasteiger partial charge in [-0.3, -0.25) is 14.4 Å². The summed E-state index contributed by atoms with van der Waals surface area (Å²) in [5.41, 5.74) is 0.978. The number of Topliss-reactive ketones (excluding diaryl/α,β-unsaturated/α-hetero) is 1. The number of amides is 1. The number of aromatic amines is 1. The van der Waals surface area contributed by atoms with Crippen LogP contribution < -0.4 is 5.56 Å². The van der Waals surface area contributed by atoms with Crippen LogP contribution in [0.15, 0.2) is 59.4 Å². The maximum atomic E-state index is 12.5. The van der Waals surface area contributed by atoms with E-state index in [1.165, 1.54) is 0 Å². The molecule has 6 nitrogen and oxygen atoms in total. The first kappa shape index (κ1) is 18.5. The van der Waals surface area contributed by atoms with Crippen LogP contribution in [0.5, 0.6) is 0 Å². The van der Waals surface area contributed by atoms with Gasteiger partial charge in [-0.25, -0.2) is 4.98 Å². The lowest BCUT2D eigenvalue weighted by Gasteiger charge is -2.20. The van der Waals surface area contributed by atoms with Crippen molar-refractivity contribution in [2.75, 3.05) is 6.54 Å². The summed E-state index contributed by atoms with van der Waals surface area (Å²) in [6.45, 7) is 2.53. The number of carbonyl (C=O) groups excluding carboxylic acids is 2. The maximum Gasteiger partial charge on any atom is 0.258 e. The minimum absolute atomic E-state index is 0.0581. The fraction of sp³-hybridized carbons (Fsp3) is 0.238. The lowest BCUT2D eigenvalue weighted by Crippen LogP contribution is -2.32. The number of nitrogens with one attached hydrogen (secondary N) is 1. The number of benzene rings is 2. The van der Waals surface area contributed by atoms with E-state index in [0.29, 0.717) is 28.8 Å². The van der Waals surface area contributed by atoms with Crippen molar-refractivity contribution in [1.29, 1.82) is 0 Å². The SMILES string of the molecule is CCN(Cc1nc2ccccc2c(=O)[nH]1)C(=O)CCC(=O)c1ccccc1. The average molecular weight is 363 g/mol. The smallest absolute Gasteiger partial charge is 0.258 e. The van der Waals surface area contributed by atoms with Gasteiger partial charge in [0.2, 0.25) is 5.91 Å². The molecule has 0 unspecified atom stereocenters. The molecule has 1 N–H and O–H groups in total. The van der Waals surface area contributed by atoms with Crippen LogP contribution in [-0.4, -0.2) is 33.1 Å². The quantitative estimate of drug-likeness (QED) is 0.654. The minimum atomic E-state index is -0.224. The Balaban J connectivity index is 1.67. The second-order valence-corrected chi connectivity index (χ2v) is 6.23. The first-order valence-corrected chi connectivity index (χ1v) is 8.92. The van der Waals surface area contributed by atoms with E-state index in [2.05, 4.69) is 9.97 Å². The summed E-state index contributed by atoms with van der Waals surface area (Å²) in [6, 6.07) is 16.0. The van der Waals surface area contributed by atoms with Crippen LogP contribution in [0, 0.1) is 0 Å². The van der Waals surface area contributed by atoms with Gasteiger partial charge in [0.05, 0.1) is 17.4 Å². The predicted molar refractivity (Wildman–Crippen MR) is 103 cm³/mol. The minimum Gasteiger partial charge on any atom is -0.335 e. The standard InChI is InChI=1S/C21H21N3O3/c1-2-24(20(26)13-12-18(25)15-8-4-3-5-9-15)14-19-22-17-11-7-6-10-16(17)21(27)23-19/h3-11H,2,12-14H2,1H3,(H,22,23,27). The first-order valence-electron chi connectivity index (χ1n) is 8.92. The number of fused-ring (bicyclic) bond motifs is 1. The molecule has 2 aromatic carbocycles. The molecule has 0 spiro atoms. The summed E-state index contributed by atoms with van der Waals surface area (Å²) >= 11 is 0. The number of ketones is 1. The van der Waals surface area contributed by atoms with Crippen molar-refractivity contribution in [3.05, 3.63) is 76.3 Å². The van der Waals surface area contributed by atoms with Gasteiger partial charge < -0.3 is 9.88 Å². The Kier molecular flexibility index (Phi) is 5.76. The van der Waals surface area contributed by atoms with E-state index in [4.69, 9.17) is 0 Å². The number of H-pyrrole nitrogens is 1. The van der Waals surface area contributed by atoms with Gasteiger partial charge in [0, 0.05) is 24.9 Å². The molecule has 138 valence electrons. The van der Waals surface area contributed by atoms with Gasteiger partial charge >= 0.3 is 0 Å². The molecule has 3 aromatic rings. The number of hydrogen-bond acceptors (Lipinski definition) is 4. The predicted octanol–water partition coefficient (Wildman–Crippen LogP) is 2.93. The van der Waals surface area contributed by atoms with Gasteiger partial charge in [-0.2, -0.15) is 0 Å². The molecule has 0 saturated heterocycles. The van der Waals surface area contributed by atoms with E-state index < -0.39 is 0 Å². The van der Waals surface area contributed by atoms with Crippen LogP contribution >= 0.6 is 0 Å². The van der Waals surface area contributed by atoms with Gasteiger partial charge in [-0.15, -0.1) is 0 Å². The number of aromatic nitrogens is 2. The average Bonchev–Trinajstić information content (AvgIpc) is 2.70. The maximum absolute atomic E-state index is 12.5. The fourth-order valence-electron chi connectivity index (χ4n) is 2.91. The Morgan fingerprint density at radius 1 is 1.00 bits per heavy atom. The molecular weight excluding hydrogens is 342 g/mol. The monoisotopic (exact) mass is 363 g/mol. The van der Waals surface area contributed by atoms with Crippen molar-refractivity contribution < 1.29 is 9.59 Å². The van der Waals surface area contributed by atoms with Crippen LogP contribution in [0.25, 0.3) is 10.9 Å². The number of hydrogen-bond donors (Lipinski definition) is 1. The first-order chi connectivity index (χ1) is 13.1. The van der Waals surface area contributed by atoms with Crippen LogP contribution in [-0.2, 0) is 11.3 Å². The van der Waals surface area contributed by atoms with Crippen molar-refractivity contribution in [1.82, 2.24) is 14.9 Å². The Labute approximate surface area is 156 Å². The Morgan fingerprint density at radius 2 is 1.70 bits per heavy atom. The lowest BCUT2D eigenvalue weighted by molar-refractivity contribution is -0.131. The van der Waals surface area contributed by atoms with Gasteiger partial charge in [-0.1, -0.05) is 42.5 Å². The second-order valence-electron chi connectivity index (χ2n) is 6.23. The second kappa shape index (κ2) is 8.40. The van der Waals surface area contributed by atoms with Crippen molar-refractivity contribution in [2.24, 2.45) is 0 Å². The summed E-state index contributed by atoms with van der Waals surface area (Å²) in [5, 5.41) is 0.518. The molecule has 0 bridgehead atoms. The van der Waals surface area contributed by atoms with E-state index in [0.717, 1.165) is 0 Å². The summed E-state index contributed by atoms with van der Waals surface area (Å²) in [7, 11) is 0. The highest BCUT2D eigenvalue weighted by atomic mass is 16.2. The molecule has 1 aromatic heterocycles. The number of nitrogens with zero attached hydrogens (tertiary/aromatic N) is 2. The third-order valence-corrected chi connectivity index (χ3v) is 4.40. The van der Waals surface area contributed by atoms with Crippen molar-refractivity contribution in [3.8, 4) is 0 Å².